The zero-order valence-corrected chi connectivity index (χ0v) is 12.7. The summed E-state index contributed by atoms with van der Waals surface area (Å²) >= 11 is 1.60. The van der Waals surface area contributed by atoms with Crippen LogP contribution in [0.25, 0.3) is 0 Å². The van der Waals surface area contributed by atoms with Crippen molar-refractivity contribution in [2.24, 2.45) is 0 Å². The van der Waals surface area contributed by atoms with E-state index in [-0.39, 0.29) is 18.3 Å². The van der Waals surface area contributed by atoms with E-state index in [4.69, 9.17) is 14.0 Å². The smallest absolute Gasteiger partial charge is 0.481 e. The molecule has 0 N–H and O–H groups in total. The molecule has 0 unspecified atom stereocenters. The minimum atomic E-state index is -0.386. The van der Waals surface area contributed by atoms with Gasteiger partial charge in [-0.25, -0.2) is 4.98 Å². The predicted molar refractivity (Wildman–Crippen MR) is 73.8 cm³/mol. The van der Waals surface area contributed by atoms with Crippen molar-refractivity contribution in [2.45, 2.75) is 52.2 Å². The van der Waals surface area contributed by atoms with Crippen LogP contribution in [0.4, 0.5) is 0 Å². The fraction of sp³-hybridized carbons (Fsp3) is 0.750. The van der Waals surface area contributed by atoms with Crippen molar-refractivity contribution in [2.75, 3.05) is 7.11 Å². The second kappa shape index (κ2) is 4.51. The van der Waals surface area contributed by atoms with Crippen LogP contribution in [0.3, 0.4) is 0 Å². The third-order valence-electron chi connectivity index (χ3n) is 3.63. The number of aryl methyl sites for hydroxylation is 1. The molecule has 0 aliphatic carbocycles. The van der Waals surface area contributed by atoms with Crippen molar-refractivity contribution >= 4 is 23.2 Å². The van der Waals surface area contributed by atoms with Gasteiger partial charge in [0.15, 0.2) is 0 Å². The normalized spacial score (nSPS) is 21.3. The Morgan fingerprint density at radius 1 is 1.22 bits per heavy atom. The van der Waals surface area contributed by atoms with E-state index in [0.717, 1.165) is 16.2 Å². The van der Waals surface area contributed by atoms with E-state index >= 15 is 0 Å². The lowest BCUT2D eigenvalue weighted by Crippen LogP contribution is -2.41. The Hall–Kier alpha value is -0.585. The highest BCUT2D eigenvalue weighted by Crippen LogP contribution is 2.37. The fourth-order valence-corrected chi connectivity index (χ4v) is 2.69. The quantitative estimate of drug-likeness (QED) is 0.787. The fourth-order valence-electron chi connectivity index (χ4n) is 1.76. The number of nitrogens with zero attached hydrogens (tertiary/aromatic N) is 1. The Morgan fingerprint density at radius 3 is 2.22 bits per heavy atom. The molecule has 0 spiro atoms. The van der Waals surface area contributed by atoms with Gasteiger partial charge in [-0.3, -0.25) is 0 Å². The van der Waals surface area contributed by atoms with Crippen LogP contribution in [0.2, 0.25) is 0 Å². The van der Waals surface area contributed by atoms with Crippen LogP contribution < -0.4 is 9.51 Å². The second-order valence-electron chi connectivity index (χ2n) is 5.42. The minimum absolute atomic E-state index is 0.334. The van der Waals surface area contributed by atoms with E-state index in [2.05, 4.69) is 11.9 Å². The summed E-state index contributed by atoms with van der Waals surface area (Å²) in [4.78, 5) is 4.42. The molecule has 0 aromatic carbocycles. The molecule has 0 saturated carbocycles. The summed E-state index contributed by atoms with van der Waals surface area (Å²) < 4.78 is 18.3. The van der Waals surface area contributed by atoms with Crippen LogP contribution in [-0.4, -0.2) is 30.4 Å². The van der Waals surface area contributed by atoms with Crippen molar-refractivity contribution < 1.29 is 14.0 Å². The lowest BCUT2D eigenvalue weighted by Gasteiger charge is -2.32. The topological polar surface area (TPSA) is 40.6 Å². The van der Waals surface area contributed by atoms with Gasteiger partial charge in [0, 0.05) is 0 Å². The molecule has 1 aromatic rings. The molecule has 1 aromatic heterocycles. The third-order valence-corrected chi connectivity index (χ3v) is 4.83. The van der Waals surface area contributed by atoms with Gasteiger partial charge in [0.05, 0.1) is 28.1 Å². The van der Waals surface area contributed by atoms with Gasteiger partial charge in [-0.15, -0.1) is 11.3 Å². The van der Waals surface area contributed by atoms with E-state index in [0.29, 0.717) is 5.88 Å². The van der Waals surface area contributed by atoms with Crippen molar-refractivity contribution in [3.8, 4) is 5.88 Å². The van der Waals surface area contributed by atoms with Gasteiger partial charge >= 0.3 is 7.12 Å². The molecule has 0 bridgehead atoms. The zero-order chi connectivity index (χ0) is 13.6. The van der Waals surface area contributed by atoms with Gasteiger partial charge in [-0.05, 0) is 34.1 Å². The monoisotopic (exact) mass is 269 g/mol. The maximum Gasteiger partial charge on any atom is 0.511 e. The molecule has 1 aliphatic rings. The first-order valence-electron chi connectivity index (χ1n) is 6.20. The molecule has 4 nitrogen and oxygen atoms in total. The van der Waals surface area contributed by atoms with Crippen LogP contribution >= 0.6 is 11.3 Å². The molecule has 2 heterocycles. The number of rotatable bonds is 3. The summed E-state index contributed by atoms with van der Waals surface area (Å²) in [5.74, 6) is 0.621. The number of hydrogen-bond donors (Lipinski definition) is 0. The van der Waals surface area contributed by atoms with Crippen LogP contribution in [0.1, 0.15) is 39.6 Å². The molecule has 1 aliphatic heterocycles. The lowest BCUT2D eigenvalue weighted by molar-refractivity contribution is 0.00578. The van der Waals surface area contributed by atoms with E-state index in [9.17, 15) is 0 Å². The minimum Gasteiger partial charge on any atom is -0.481 e. The highest BCUT2D eigenvalue weighted by Gasteiger charge is 2.53. The summed E-state index contributed by atoms with van der Waals surface area (Å²) in [6.45, 7) is 10.2. The Kier molecular flexibility index (Phi) is 3.47. The van der Waals surface area contributed by atoms with Crippen LogP contribution in [0.15, 0.2) is 0 Å². The maximum absolute atomic E-state index is 6.02. The molecular formula is C12H20BNO3S. The van der Waals surface area contributed by atoms with Gasteiger partial charge in [-0.2, -0.15) is 0 Å². The number of aromatic nitrogens is 1. The maximum atomic E-state index is 6.02. The molecule has 6 heteroatoms. The third kappa shape index (κ3) is 2.17. The summed E-state index contributed by atoms with van der Waals surface area (Å²) in [6, 6.07) is 0. The largest absolute Gasteiger partial charge is 0.511 e. The van der Waals surface area contributed by atoms with Gasteiger partial charge in [0.2, 0.25) is 5.88 Å². The van der Waals surface area contributed by atoms with Crippen molar-refractivity contribution in [3.63, 3.8) is 0 Å². The zero-order valence-electron chi connectivity index (χ0n) is 11.9. The number of hydrogen-bond acceptors (Lipinski definition) is 5. The highest BCUT2D eigenvalue weighted by molar-refractivity contribution is 7.22. The van der Waals surface area contributed by atoms with E-state index < -0.39 is 0 Å². The number of ether oxygens (including phenoxy) is 1. The number of thiazole rings is 1. The lowest BCUT2D eigenvalue weighted by atomic mass is 9.88. The Morgan fingerprint density at radius 2 is 1.78 bits per heavy atom. The van der Waals surface area contributed by atoms with Crippen molar-refractivity contribution in [1.82, 2.24) is 4.98 Å². The summed E-state index contributed by atoms with van der Waals surface area (Å²) in [5, 5.41) is 1.04. The molecule has 1 saturated heterocycles. The molecule has 18 heavy (non-hydrogen) atoms. The Bertz CT molecular complexity index is 429. The van der Waals surface area contributed by atoms with Gasteiger partial charge in [-0.1, -0.05) is 6.92 Å². The van der Waals surface area contributed by atoms with Crippen molar-refractivity contribution in [3.05, 3.63) is 5.01 Å². The average Bonchev–Trinajstić information content (AvgIpc) is 2.78. The molecule has 0 amide bonds. The van der Waals surface area contributed by atoms with Gasteiger partial charge < -0.3 is 14.0 Å². The number of methoxy groups -OCH3 is 1. The molecule has 2 rings (SSSR count). The predicted octanol–water partition coefficient (Wildman–Crippen LogP) is 2.01. The SMILES string of the molecule is CCc1nc(OC)c(B2OC(C)(C)C(C)(C)O2)s1. The van der Waals surface area contributed by atoms with Crippen LogP contribution in [0.5, 0.6) is 5.88 Å². The Labute approximate surface area is 113 Å². The van der Waals surface area contributed by atoms with E-state index in [1.807, 2.05) is 27.7 Å². The second-order valence-corrected chi connectivity index (χ2v) is 6.54. The summed E-state index contributed by atoms with van der Waals surface area (Å²) in [5.41, 5.74) is -0.669. The van der Waals surface area contributed by atoms with Crippen molar-refractivity contribution in [1.29, 1.82) is 0 Å². The Balaban J connectivity index is 2.31. The van der Waals surface area contributed by atoms with Crippen LogP contribution in [0, 0.1) is 0 Å². The first-order valence-corrected chi connectivity index (χ1v) is 7.01. The average molecular weight is 269 g/mol. The molecule has 1 fully saturated rings. The van der Waals surface area contributed by atoms with E-state index in [1.54, 1.807) is 18.4 Å². The van der Waals surface area contributed by atoms with Crippen LogP contribution in [-0.2, 0) is 15.7 Å². The summed E-state index contributed by atoms with van der Waals surface area (Å²) in [6.07, 6.45) is 0.889. The first kappa shape index (κ1) is 13.8. The van der Waals surface area contributed by atoms with Gasteiger partial charge in [0.1, 0.15) is 0 Å². The standard InChI is InChI=1S/C12H20BNO3S/c1-7-8-14-10(15-6)9(18-8)13-16-11(2,3)12(4,5)17-13/h7H2,1-6H3. The molecule has 100 valence electrons. The van der Waals surface area contributed by atoms with Gasteiger partial charge in [0.25, 0.3) is 0 Å². The summed E-state index contributed by atoms with van der Waals surface area (Å²) in [7, 11) is 1.24. The highest BCUT2D eigenvalue weighted by atomic mass is 32.1. The molecular weight excluding hydrogens is 249 g/mol. The molecule has 0 radical (unpaired) electrons. The van der Waals surface area contributed by atoms with E-state index in [1.165, 1.54) is 0 Å². The molecule has 0 atom stereocenters. The first-order chi connectivity index (χ1) is 8.30.